The van der Waals surface area contributed by atoms with E-state index in [0.717, 1.165) is 49.4 Å². The molecule has 0 bridgehead atoms. The minimum atomic E-state index is -0.414. The molecule has 1 saturated heterocycles. The van der Waals surface area contributed by atoms with Gasteiger partial charge in [0.2, 0.25) is 0 Å². The van der Waals surface area contributed by atoms with Crippen molar-refractivity contribution in [2.75, 3.05) is 51.9 Å². The van der Waals surface area contributed by atoms with E-state index in [9.17, 15) is 4.79 Å². The summed E-state index contributed by atoms with van der Waals surface area (Å²) in [5.41, 5.74) is 1.88. The van der Waals surface area contributed by atoms with E-state index in [0.29, 0.717) is 28.8 Å². The molecule has 0 unspecified atom stereocenters. The number of esters is 1. The van der Waals surface area contributed by atoms with Crippen LogP contribution in [0.3, 0.4) is 0 Å². The van der Waals surface area contributed by atoms with Gasteiger partial charge in [-0.05, 0) is 40.5 Å². The summed E-state index contributed by atoms with van der Waals surface area (Å²) in [5.74, 6) is 0.151. The van der Waals surface area contributed by atoms with Crippen molar-refractivity contribution >= 4 is 44.9 Å². The summed E-state index contributed by atoms with van der Waals surface area (Å²) in [7, 11) is 1.35. The number of hydrogen-bond acceptors (Lipinski definition) is 7. The fourth-order valence-electron chi connectivity index (χ4n) is 2.94. The number of rotatable bonds is 8. The van der Waals surface area contributed by atoms with Crippen LogP contribution >= 0.6 is 27.5 Å². The largest absolute Gasteiger partial charge is 0.491 e. The Kier molecular flexibility index (Phi) is 8.11. The van der Waals surface area contributed by atoms with Crippen LogP contribution in [0.2, 0.25) is 5.15 Å². The smallest absolute Gasteiger partial charge is 0.337 e. The second-order valence-corrected chi connectivity index (χ2v) is 7.71. The van der Waals surface area contributed by atoms with Crippen LogP contribution in [0.25, 0.3) is 0 Å². The molecule has 1 N–H and O–H groups in total. The van der Waals surface area contributed by atoms with Gasteiger partial charge in [0.15, 0.2) is 0 Å². The lowest BCUT2D eigenvalue weighted by atomic mass is 10.2. The standard InChI is InChI=1S/C20H23BrClN3O4/c1-27-20(26)14-3-4-16(24-17-12-19(22)23-13-15(17)21)18(11-14)29-8-2-5-25-6-9-28-10-7-25/h3-4,11-13H,2,5-10H2,1H3,(H,23,24). The number of ether oxygens (including phenoxy) is 3. The molecule has 0 aliphatic carbocycles. The molecule has 0 spiro atoms. The van der Waals surface area contributed by atoms with Gasteiger partial charge < -0.3 is 19.5 Å². The molecule has 1 aromatic carbocycles. The quantitative estimate of drug-likeness (QED) is 0.343. The minimum absolute atomic E-state index is 0.370. The number of pyridine rings is 1. The van der Waals surface area contributed by atoms with Gasteiger partial charge in [-0.1, -0.05) is 11.6 Å². The third-order valence-electron chi connectivity index (χ3n) is 4.47. The minimum Gasteiger partial charge on any atom is -0.491 e. The zero-order valence-corrected chi connectivity index (χ0v) is 18.5. The summed E-state index contributed by atoms with van der Waals surface area (Å²) in [4.78, 5) is 18.3. The summed E-state index contributed by atoms with van der Waals surface area (Å²) >= 11 is 9.46. The van der Waals surface area contributed by atoms with Gasteiger partial charge in [0, 0.05) is 31.9 Å². The second kappa shape index (κ2) is 10.8. The van der Waals surface area contributed by atoms with E-state index in [1.807, 2.05) is 0 Å². The number of anilines is 2. The van der Waals surface area contributed by atoms with Gasteiger partial charge >= 0.3 is 5.97 Å². The first kappa shape index (κ1) is 21.8. The maximum Gasteiger partial charge on any atom is 0.337 e. The maximum atomic E-state index is 11.9. The van der Waals surface area contributed by atoms with E-state index < -0.39 is 5.97 Å². The molecule has 1 fully saturated rings. The number of benzene rings is 1. The van der Waals surface area contributed by atoms with Gasteiger partial charge in [-0.25, -0.2) is 9.78 Å². The van der Waals surface area contributed by atoms with Gasteiger partial charge in [-0.2, -0.15) is 0 Å². The lowest BCUT2D eigenvalue weighted by Gasteiger charge is -2.26. The fraction of sp³-hybridized carbons (Fsp3) is 0.400. The fourth-order valence-corrected chi connectivity index (χ4v) is 3.41. The molecule has 156 valence electrons. The topological polar surface area (TPSA) is 72.9 Å². The monoisotopic (exact) mass is 483 g/mol. The predicted molar refractivity (Wildman–Crippen MR) is 115 cm³/mol. The summed E-state index contributed by atoms with van der Waals surface area (Å²) in [6.45, 7) is 4.91. The Morgan fingerprint density at radius 2 is 2.10 bits per heavy atom. The van der Waals surface area contributed by atoms with Crippen molar-refractivity contribution in [1.82, 2.24) is 9.88 Å². The average Bonchev–Trinajstić information content (AvgIpc) is 2.75. The molecule has 2 heterocycles. The number of carbonyl (C=O) groups excluding carboxylic acids is 1. The molecule has 0 saturated carbocycles. The third-order valence-corrected chi connectivity index (χ3v) is 5.31. The highest BCUT2D eigenvalue weighted by molar-refractivity contribution is 9.10. The number of methoxy groups -OCH3 is 1. The number of nitrogens with one attached hydrogen (secondary N) is 1. The SMILES string of the molecule is COC(=O)c1ccc(Nc2cc(Cl)ncc2Br)c(OCCCN2CCOCC2)c1. The normalized spacial score (nSPS) is 14.4. The van der Waals surface area contributed by atoms with Crippen molar-refractivity contribution in [3.05, 3.63) is 45.7 Å². The Bertz CT molecular complexity index is 846. The molecule has 9 heteroatoms. The first-order valence-corrected chi connectivity index (χ1v) is 10.5. The number of halogens is 2. The Morgan fingerprint density at radius 1 is 1.31 bits per heavy atom. The zero-order chi connectivity index (χ0) is 20.6. The zero-order valence-electron chi connectivity index (χ0n) is 16.1. The number of hydrogen-bond donors (Lipinski definition) is 1. The summed E-state index contributed by atoms with van der Waals surface area (Å²) < 4.78 is 17.0. The van der Waals surface area contributed by atoms with E-state index in [1.54, 1.807) is 30.5 Å². The van der Waals surface area contributed by atoms with E-state index in [1.165, 1.54) is 7.11 Å². The second-order valence-electron chi connectivity index (χ2n) is 6.47. The van der Waals surface area contributed by atoms with Crippen LogP contribution in [-0.2, 0) is 9.47 Å². The number of nitrogens with zero attached hydrogens (tertiary/aromatic N) is 2. The summed E-state index contributed by atoms with van der Waals surface area (Å²) in [6, 6.07) is 6.86. The van der Waals surface area contributed by atoms with Crippen LogP contribution in [-0.4, -0.2) is 62.4 Å². The Balaban J connectivity index is 1.71. The molecule has 3 rings (SSSR count). The van der Waals surface area contributed by atoms with Crippen molar-refractivity contribution < 1.29 is 19.0 Å². The van der Waals surface area contributed by atoms with Crippen LogP contribution in [0.5, 0.6) is 5.75 Å². The Morgan fingerprint density at radius 3 is 2.86 bits per heavy atom. The number of carbonyl (C=O) groups is 1. The van der Waals surface area contributed by atoms with Gasteiger partial charge in [-0.15, -0.1) is 0 Å². The van der Waals surface area contributed by atoms with E-state index in [2.05, 4.69) is 31.1 Å². The van der Waals surface area contributed by atoms with Gasteiger partial charge in [0.05, 0.1) is 48.3 Å². The van der Waals surface area contributed by atoms with Crippen molar-refractivity contribution in [2.45, 2.75) is 6.42 Å². The summed E-state index contributed by atoms with van der Waals surface area (Å²) in [5, 5.41) is 3.65. The highest BCUT2D eigenvalue weighted by Crippen LogP contribution is 2.33. The van der Waals surface area contributed by atoms with E-state index in [4.69, 9.17) is 25.8 Å². The molecule has 29 heavy (non-hydrogen) atoms. The highest BCUT2D eigenvalue weighted by Gasteiger charge is 2.14. The van der Waals surface area contributed by atoms with Crippen molar-refractivity contribution in [3.63, 3.8) is 0 Å². The van der Waals surface area contributed by atoms with E-state index >= 15 is 0 Å². The molecular weight excluding hydrogens is 462 g/mol. The molecule has 0 amide bonds. The van der Waals surface area contributed by atoms with Crippen LogP contribution in [0.4, 0.5) is 11.4 Å². The average molecular weight is 485 g/mol. The molecule has 1 aromatic heterocycles. The van der Waals surface area contributed by atoms with Crippen molar-refractivity contribution in [2.24, 2.45) is 0 Å². The van der Waals surface area contributed by atoms with Crippen molar-refractivity contribution in [3.8, 4) is 5.75 Å². The van der Waals surface area contributed by atoms with E-state index in [-0.39, 0.29) is 0 Å². The maximum absolute atomic E-state index is 11.9. The Labute approximate surface area is 183 Å². The van der Waals surface area contributed by atoms with Gasteiger partial charge in [0.1, 0.15) is 10.9 Å². The van der Waals surface area contributed by atoms with Crippen LogP contribution in [0, 0.1) is 0 Å². The van der Waals surface area contributed by atoms with Crippen LogP contribution in [0.15, 0.2) is 34.9 Å². The molecular formula is C20H23BrClN3O4. The first-order valence-electron chi connectivity index (χ1n) is 9.30. The van der Waals surface area contributed by atoms with Gasteiger partial charge in [-0.3, -0.25) is 4.90 Å². The predicted octanol–water partition coefficient (Wildman–Crippen LogP) is 4.13. The molecule has 0 radical (unpaired) electrons. The lowest BCUT2D eigenvalue weighted by molar-refractivity contribution is 0.0358. The molecule has 1 aliphatic heterocycles. The molecule has 1 aliphatic rings. The van der Waals surface area contributed by atoms with Crippen LogP contribution < -0.4 is 10.1 Å². The third kappa shape index (κ3) is 6.30. The first-order chi connectivity index (χ1) is 14.1. The number of aromatic nitrogens is 1. The van der Waals surface area contributed by atoms with Crippen molar-refractivity contribution in [1.29, 1.82) is 0 Å². The lowest BCUT2D eigenvalue weighted by Crippen LogP contribution is -2.37. The Hall–Kier alpha value is -1.87. The molecule has 2 aromatic rings. The molecule has 0 atom stereocenters. The molecule has 7 nitrogen and oxygen atoms in total. The highest BCUT2D eigenvalue weighted by atomic mass is 79.9. The number of morpholine rings is 1. The summed E-state index contributed by atoms with van der Waals surface area (Å²) in [6.07, 6.45) is 2.49. The van der Waals surface area contributed by atoms with Gasteiger partial charge in [0.25, 0.3) is 0 Å². The van der Waals surface area contributed by atoms with Crippen LogP contribution in [0.1, 0.15) is 16.8 Å².